The molecule has 1 saturated heterocycles. The number of rotatable bonds is 3. The van der Waals surface area contributed by atoms with Gasteiger partial charge in [-0.3, -0.25) is 0 Å². The lowest BCUT2D eigenvalue weighted by atomic mass is 9.94. The molecule has 3 heterocycles. The lowest BCUT2D eigenvalue weighted by molar-refractivity contribution is 0.0350. The Kier molecular flexibility index (Phi) is 3.75. The highest BCUT2D eigenvalue weighted by atomic mass is 32.1. The van der Waals surface area contributed by atoms with Crippen molar-refractivity contribution in [2.75, 3.05) is 30.4 Å². The van der Waals surface area contributed by atoms with Gasteiger partial charge >= 0.3 is 0 Å². The van der Waals surface area contributed by atoms with E-state index in [0.717, 1.165) is 48.4 Å². The zero-order chi connectivity index (χ0) is 15.0. The molecule has 0 saturated carbocycles. The van der Waals surface area contributed by atoms with Crippen molar-refractivity contribution in [1.29, 1.82) is 0 Å². The highest BCUT2D eigenvalue weighted by molar-refractivity contribution is 7.18. The van der Waals surface area contributed by atoms with Crippen molar-refractivity contribution in [1.82, 2.24) is 9.97 Å². The van der Waals surface area contributed by atoms with Gasteiger partial charge in [-0.2, -0.15) is 4.98 Å². The van der Waals surface area contributed by atoms with E-state index >= 15 is 0 Å². The highest BCUT2D eigenvalue weighted by Gasteiger charge is 2.29. The molecule has 1 fully saturated rings. The third kappa shape index (κ3) is 2.82. The Balaban J connectivity index is 2.02. The molecule has 1 aliphatic heterocycles. The highest BCUT2D eigenvalue weighted by Crippen LogP contribution is 2.34. The van der Waals surface area contributed by atoms with Gasteiger partial charge in [0.1, 0.15) is 10.6 Å². The molecule has 1 aliphatic rings. The molecular weight excluding hydrogens is 284 g/mol. The minimum Gasteiger partial charge on any atom is -0.390 e. The molecule has 3 rings (SSSR count). The van der Waals surface area contributed by atoms with E-state index in [4.69, 9.17) is 0 Å². The summed E-state index contributed by atoms with van der Waals surface area (Å²) in [7, 11) is 1.85. The number of nitrogens with zero attached hydrogens (tertiary/aromatic N) is 3. The summed E-state index contributed by atoms with van der Waals surface area (Å²) in [6.07, 6.45) is 2.57. The van der Waals surface area contributed by atoms with Crippen LogP contribution in [0.5, 0.6) is 0 Å². The lowest BCUT2D eigenvalue weighted by Crippen LogP contribution is -2.42. The van der Waals surface area contributed by atoms with E-state index in [1.54, 1.807) is 11.3 Å². The maximum atomic E-state index is 10.1. The number of hydrogen-bond acceptors (Lipinski definition) is 6. The molecule has 0 unspecified atom stereocenters. The van der Waals surface area contributed by atoms with E-state index in [9.17, 15) is 5.11 Å². The van der Waals surface area contributed by atoms with Crippen LogP contribution in [0, 0.1) is 0 Å². The maximum Gasteiger partial charge on any atom is 0.225 e. The molecular formula is C15H22N4OS. The topological polar surface area (TPSA) is 61.3 Å². The summed E-state index contributed by atoms with van der Waals surface area (Å²) in [5.74, 6) is 1.66. The van der Waals surface area contributed by atoms with Crippen molar-refractivity contribution < 1.29 is 5.11 Å². The normalized spacial score (nSPS) is 18.2. The van der Waals surface area contributed by atoms with Gasteiger partial charge in [-0.25, -0.2) is 4.98 Å². The van der Waals surface area contributed by atoms with Crippen molar-refractivity contribution in [3.8, 4) is 0 Å². The molecule has 2 N–H and O–H groups in total. The summed E-state index contributed by atoms with van der Waals surface area (Å²) in [4.78, 5) is 13.9. The second-order valence-corrected chi connectivity index (χ2v) is 7.01. The Labute approximate surface area is 129 Å². The van der Waals surface area contributed by atoms with Crippen molar-refractivity contribution in [2.45, 2.75) is 38.7 Å². The second kappa shape index (κ2) is 5.42. The van der Waals surface area contributed by atoms with Crippen LogP contribution >= 0.6 is 11.3 Å². The third-order valence-electron chi connectivity index (χ3n) is 4.14. The van der Waals surface area contributed by atoms with Gasteiger partial charge in [0.15, 0.2) is 0 Å². The molecule has 0 bridgehead atoms. The summed E-state index contributed by atoms with van der Waals surface area (Å²) in [6, 6.07) is 2.21. The maximum absolute atomic E-state index is 10.1. The Hall–Kier alpha value is -1.40. The van der Waals surface area contributed by atoms with Crippen LogP contribution in [-0.4, -0.2) is 40.8 Å². The van der Waals surface area contributed by atoms with E-state index in [0.29, 0.717) is 5.95 Å². The van der Waals surface area contributed by atoms with Gasteiger partial charge < -0.3 is 15.3 Å². The largest absolute Gasteiger partial charge is 0.390 e. The van der Waals surface area contributed by atoms with E-state index in [1.165, 1.54) is 4.88 Å². The molecule has 0 aromatic carbocycles. The Morgan fingerprint density at radius 3 is 2.71 bits per heavy atom. The third-order valence-corrected chi connectivity index (χ3v) is 5.31. The van der Waals surface area contributed by atoms with E-state index in [2.05, 4.69) is 33.2 Å². The van der Waals surface area contributed by atoms with Crippen LogP contribution in [0.1, 0.15) is 31.6 Å². The van der Waals surface area contributed by atoms with E-state index in [1.807, 2.05) is 14.0 Å². The standard InChI is InChI=1S/C15H22N4OS/c1-4-10-9-11-12(17-14(16-3)18-13(11)21-10)19-7-5-15(2,20)6-8-19/h9,20H,4-8H2,1-3H3,(H,16,17,18). The fourth-order valence-electron chi connectivity index (χ4n) is 2.68. The average molecular weight is 306 g/mol. The summed E-state index contributed by atoms with van der Waals surface area (Å²) in [6.45, 7) is 5.74. The Bertz CT molecular complexity index is 642. The van der Waals surface area contributed by atoms with Gasteiger partial charge in [-0.05, 0) is 32.3 Å². The molecule has 2 aromatic rings. The summed E-state index contributed by atoms with van der Waals surface area (Å²) < 4.78 is 0. The minimum absolute atomic E-state index is 0.544. The van der Waals surface area contributed by atoms with Gasteiger partial charge in [0, 0.05) is 25.0 Å². The predicted octanol–water partition coefficient (Wildman–Crippen LogP) is 2.65. The molecule has 114 valence electrons. The van der Waals surface area contributed by atoms with Crippen molar-refractivity contribution >= 4 is 33.3 Å². The van der Waals surface area contributed by atoms with Crippen LogP contribution in [0.15, 0.2) is 6.07 Å². The minimum atomic E-state index is -0.544. The summed E-state index contributed by atoms with van der Waals surface area (Å²) in [5.41, 5.74) is -0.544. The zero-order valence-corrected chi connectivity index (χ0v) is 13.6. The first kappa shape index (κ1) is 14.5. The number of anilines is 2. The van der Waals surface area contributed by atoms with Crippen LogP contribution in [0.2, 0.25) is 0 Å². The summed E-state index contributed by atoms with van der Waals surface area (Å²) in [5, 5.41) is 14.3. The number of nitrogens with one attached hydrogen (secondary N) is 1. The van der Waals surface area contributed by atoms with Gasteiger partial charge in [-0.15, -0.1) is 11.3 Å². The molecule has 0 radical (unpaired) electrons. The molecule has 6 heteroatoms. The molecule has 0 spiro atoms. The van der Waals surface area contributed by atoms with Crippen molar-refractivity contribution in [3.63, 3.8) is 0 Å². The Morgan fingerprint density at radius 1 is 1.38 bits per heavy atom. The number of piperidine rings is 1. The van der Waals surface area contributed by atoms with Crippen LogP contribution in [0.25, 0.3) is 10.2 Å². The Morgan fingerprint density at radius 2 is 2.10 bits per heavy atom. The molecule has 21 heavy (non-hydrogen) atoms. The fraction of sp³-hybridized carbons (Fsp3) is 0.600. The molecule has 5 nitrogen and oxygen atoms in total. The molecule has 0 amide bonds. The van der Waals surface area contributed by atoms with E-state index in [-0.39, 0.29) is 0 Å². The first-order valence-corrected chi connectivity index (χ1v) is 8.29. The first-order chi connectivity index (χ1) is 10.0. The lowest BCUT2D eigenvalue weighted by Gasteiger charge is -2.36. The predicted molar refractivity (Wildman–Crippen MR) is 88.4 cm³/mol. The number of fused-ring (bicyclic) bond motifs is 1. The monoisotopic (exact) mass is 306 g/mol. The SMILES string of the molecule is CCc1cc2c(N3CCC(C)(O)CC3)nc(NC)nc2s1. The van der Waals surface area contributed by atoms with Crippen molar-refractivity contribution in [2.24, 2.45) is 0 Å². The second-order valence-electron chi connectivity index (χ2n) is 5.89. The van der Waals surface area contributed by atoms with E-state index < -0.39 is 5.60 Å². The van der Waals surface area contributed by atoms with Crippen LogP contribution < -0.4 is 10.2 Å². The molecule has 0 atom stereocenters. The smallest absolute Gasteiger partial charge is 0.225 e. The number of aliphatic hydroxyl groups is 1. The van der Waals surface area contributed by atoms with Gasteiger partial charge in [-0.1, -0.05) is 6.92 Å². The number of aromatic nitrogens is 2. The number of thiophene rings is 1. The average Bonchev–Trinajstić information content (AvgIpc) is 2.89. The number of aryl methyl sites for hydroxylation is 1. The van der Waals surface area contributed by atoms with Crippen molar-refractivity contribution in [3.05, 3.63) is 10.9 Å². The van der Waals surface area contributed by atoms with Gasteiger partial charge in [0.2, 0.25) is 5.95 Å². The zero-order valence-electron chi connectivity index (χ0n) is 12.8. The van der Waals surface area contributed by atoms with Gasteiger partial charge in [0.05, 0.1) is 11.0 Å². The van der Waals surface area contributed by atoms with Gasteiger partial charge in [0.25, 0.3) is 0 Å². The van der Waals surface area contributed by atoms with Crippen LogP contribution in [0.3, 0.4) is 0 Å². The van der Waals surface area contributed by atoms with Crippen LogP contribution in [-0.2, 0) is 6.42 Å². The summed E-state index contributed by atoms with van der Waals surface area (Å²) >= 11 is 1.74. The fourth-order valence-corrected chi connectivity index (χ4v) is 3.65. The molecule has 0 aliphatic carbocycles. The molecule has 2 aromatic heterocycles. The van der Waals surface area contributed by atoms with Crippen LogP contribution in [0.4, 0.5) is 11.8 Å². The quantitative estimate of drug-likeness (QED) is 0.913. The number of hydrogen-bond donors (Lipinski definition) is 2. The first-order valence-electron chi connectivity index (χ1n) is 7.48.